The van der Waals surface area contributed by atoms with Crippen LogP contribution < -0.4 is 0 Å². The molecule has 10 atom stereocenters. The van der Waals surface area contributed by atoms with E-state index < -0.39 is 0 Å². The third-order valence-corrected chi connectivity index (χ3v) is 12.3. The summed E-state index contributed by atoms with van der Waals surface area (Å²) in [5.74, 6) is 2.38. The summed E-state index contributed by atoms with van der Waals surface area (Å²) in [4.78, 5) is 0. The van der Waals surface area contributed by atoms with Gasteiger partial charge in [0.1, 0.15) is 0 Å². The molecule has 0 radical (unpaired) electrons. The Kier molecular flexibility index (Phi) is 6.02. The topological polar surface area (TPSA) is 38.7 Å². The van der Waals surface area contributed by atoms with Crippen molar-refractivity contribution >= 4 is 0 Å². The standard InChI is InChI=1S/C31H50O3/c1-19(2)17-20-18-21(27(33-8)34-20)22-11-15-31(7)24-9-10-25-28(3,4)26(32)13-14-29(25,5)23(24)12-16-30(22,31)6/h9,17,20-23,25-27,32H,10-16,18H2,1-8H3/t20-,21+,22+,23+,25+,26+,27+,29-,30+,31-/m1/s1. The molecule has 4 aliphatic carbocycles. The van der Waals surface area contributed by atoms with E-state index in [0.717, 1.165) is 19.3 Å². The quantitative estimate of drug-likeness (QED) is 0.440. The van der Waals surface area contributed by atoms with Gasteiger partial charge in [-0.3, -0.25) is 0 Å². The lowest BCUT2D eigenvalue weighted by Crippen LogP contribution is -2.58. The van der Waals surface area contributed by atoms with Crippen molar-refractivity contribution in [1.82, 2.24) is 0 Å². The van der Waals surface area contributed by atoms with Crippen LogP contribution in [0.2, 0.25) is 0 Å². The first-order valence-corrected chi connectivity index (χ1v) is 14.1. The molecule has 0 bridgehead atoms. The minimum absolute atomic E-state index is 0.00169. The summed E-state index contributed by atoms with van der Waals surface area (Å²) in [5, 5.41) is 10.9. The lowest BCUT2D eigenvalue weighted by molar-refractivity contribution is -0.150. The van der Waals surface area contributed by atoms with Gasteiger partial charge in [0.25, 0.3) is 0 Å². The SMILES string of the molecule is CO[C@H]1O[C@H](C=C(C)C)C[C@H]1[C@@H]1CC[C@]2(C)C3=CC[C@H]4C(C)(C)[C@@H](O)CC[C@]4(C)[C@H]3CC[C@@]12C. The molecule has 0 aromatic carbocycles. The molecule has 1 saturated heterocycles. The van der Waals surface area contributed by atoms with Crippen LogP contribution in [0.25, 0.3) is 0 Å². The molecular weight excluding hydrogens is 420 g/mol. The highest BCUT2D eigenvalue weighted by Gasteiger charge is 2.66. The molecule has 5 aliphatic rings. The number of fused-ring (bicyclic) bond motifs is 5. The summed E-state index contributed by atoms with van der Waals surface area (Å²) in [5.41, 5.74) is 3.99. The summed E-state index contributed by atoms with van der Waals surface area (Å²) < 4.78 is 12.3. The van der Waals surface area contributed by atoms with Gasteiger partial charge in [0, 0.05) is 13.0 Å². The van der Waals surface area contributed by atoms with Crippen LogP contribution in [0.3, 0.4) is 0 Å². The third-order valence-electron chi connectivity index (χ3n) is 12.3. The summed E-state index contributed by atoms with van der Waals surface area (Å²) >= 11 is 0. The fourth-order valence-corrected chi connectivity index (χ4v) is 10.2. The van der Waals surface area contributed by atoms with E-state index in [1.807, 2.05) is 7.11 Å². The summed E-state index contributed by atoms with van der Waals surface area (Å²) in [6.07, 6.45) is 14.5. The molecule has 0 unspecified atom stereocenters. The van der Waals surface area contributed by atoms with E-state index >= 15 is 0 Å². The van der Waals surface area contributed by atoms with Crippen molar-refractivity contribution in [3.63, 3.8) is 0 Å². The molecule has 1 N–H and O–H groups in total. The maximum atomic E-state index is 10.9. The Morgan fingerprint density at radius 3 is 2.47 bits per heavy atom. The second-order valence-electron chi connectivity index (χ2n) is 14.2. The van der Waals surface area contributed by atoms with Gasteiger partial charge in [-0.2, -0.15) is 0 Å². The first kappa shape index (κ1) is 25.0. The van der Waals surface area contributed by atoms with Crippen LogP contribution in [0.4, 0.5) is 0 Å². The normalized spacial score (nSPS) is 51.8. The van der Waals surface area contributed by atoms with E-state index in [9.17, 15) is 5.11 Å². The molecule has 192 valence electrons. The summed E-state index contributed by atoms with van der Waals surface area (Å²) in [6.45, 7) is 16.8. The zero-order valence-corrected chi connectivity index (χ0v) is 23.1. The second kappa shape index (κ2) is 8.18. The van der Waals surface area contributed by atoms with Gasteiger partial charge in [-0.15, -0.1) is 0 Å². The number of hydrogen-bond acceptors (Lipinski definition) is 3. The van der Waals surface area contributed by atoms with Gasteiger partial charge >= 0.3 is 0 Å². The molecule has 1 heterocycles. The molecule has 0 aromatic heterocycles. The van der Waals surface area contributed by atoms with Crippen LogP contribution in [0, 0.1) is 45.3 Å². The van der Waals surface area contributed by atoms with Crippen LogP contribution in [-0.2, 0) is 9.47 Å². The largest absolute Gasteiger partial charge is 0.393 e. The molecule has 34 heavy (non-hydrogen) atoms. The molecular formula is C31H50O3. The van der Waals surface area contributed by atoms with Gasteiger partial charge in [-0.1, -0.05) is 57.9 Å². The molecule has 0 spiro atoms. The third kappa shape index (κ3) is 3.32. The minimum Gasteiger partial charge on any atom is -0.393 e. The fraction of sp³-hybridized carbons (Fsp3) is 0.871. The Bertz CT molecular complexity index is 868. The molecule has 3 saturated carbocycles. The zero-order valence-electron chi connectivity index (χ0n) is 23.1. The van der Waals surface area contributed by atoms with Crippen molar-refractivity contribution in [2.45, 2.75) is 118 Å². The van der Waals surface area contributed by atoms with Gasteiger partial charge < -0.3 is 14.6 Å². The lowest BCUT2D eigenvalue weighted by atomic mass is 9.41. The Hall–Kier alpha value is -0.640. The van der Waals surface area contributed by atoms with Gasteiger partial charge in [-0.25, -0.2) is 0 Å². The second-order valence-corrected chi connectivity index (χ2v) is 14.2. The first-order valence-electron chi connectivity index (χ1n) is 14.1. The molecule has 0 amide bonds. The number of rotatable bonds is 3. The maximum Gasteiger partial charge on any atom is 0.161 e. The Morgan fingerprint density at radius 1 is 1.06 bits per heavy atom. The Balaban J connectivity index is 1.47. The van der Waals surface area contributed by atoms with Crippen molar-refractivity contribution in [3.8, 4) is 0 Å². The van der Waals surface area contributed by atoms with E-state index in [4.69, 9.17) is 9.47 Å². The summed E-state index contributed by atoms with van der Waals surface area (Å²) in [7, 11) is 1.83. The molecule has 5 rings (SSSR count). The highest BCUT2D eigenvalue weighted by molar-refractivity contribution is 5.33. The van der Waals surface area contributed by atoms with Crippen LogP contribution in [0.15, 0.2) is 23.3 Å². The van der Waals surface area contributed by atoms with Crippen LogP contribution in [0.5, 0.6) is 0 Å². The predicted octanol–water partition coefficient (Wildman–Crippen LogP) is 7.30. The number of aliphatic hydroxyl groups is 1. The highest BCUT2D eigenvalue weighted by atomic mass is 16.7. The fourth-order valence-electron chi connectivity index (χ4n) is 10.2. The van der Waals surface area contributed by atoms with Crippen molar-refractivity contribution in [2.24, 2.45) is 45.3 Å². The number of methoxy groups -OCH3 is 1. The van der Waals surface area contributed by atoms with Crippen molar-refractivity contribution in [1.29, 1.82) is 0 Å². The number of aliphatic hydroxyl groups excluding tert-OH is 1. The van der Waals surface area contributed by atoms with Crippen LogP contribution >= 0.6 is 0 Å². The Morgan fingerprint density at radius 2 is 1.79 bits per heavy atom. The number of allylic oxidation sites excluding steroid dienone is 3. The van der Waals surface area contributed by atoms with E-state index in [-0.39, 0.29) is 29.3 Å². The van der Waals surface area contributed by atoms with Gasteiger partial charge in [-0.05, 0) is 105 Å². The highest BCUT2D eigenvalue weighted by Crippen LogP contribution is 2.73. The van der Waals surface area contributed by atoms with E-state index in [0.29, 0.717) is 34.5 Å². The van der Waals surface area contributed by atoms with E-state index in [2.05, 4.69) is 60.6 Å². The van der Waals surface area contributed by atoms with Gasteiger partial charge in [0.05, 0.1) is 12.2 Å². The first-order chi connectivity index (χ1) is 15.9. The molecule has 0 aromatic rings. The van der Waals surface area contributed by atoms with Crippen molar-refractivity contribution < 1.29 is 14.6 Å². The smallest absolute Gasteiger partial charge is 0.161 e. The Labute approximate surface area is 208 Å². The number of hydrogen-bond donors (Lipinski definition) is 1. The summed E-state index contributed by atoms with van der Waals surface area (Å²) in [6, 6.07) is 0. The molecule has 3 heteroatoms. The molecule has 3 nitrogen and oxygen atoms in total. The molecule has 4 fully saturated rings. The monoisotopic (exact) mass is 470 g/mol. The predicted molar refractivity (Wildman–Crippen MR) is 138 cm³/mol. The van der Waals surface area contributed by atoms with Crippen molar-refractivity contribution in [2.75, 3.05) is 7.11 Å². The maximum absolute atomic E-state index is 10.9. The molecule has 1 aliphatic heterocycles. The van der Waals surface area contributed by atoms with Crippen LogP contribution in [0.1, 0.15) is 99.8 Å². The van der Waals surface area contributed by atoms with E-state index in [1.54, 1.807) is 5.57 Å². The average molecular weight is 471 g/mol. The van der Waals surface area contributed by atoms with Gasteiger partial charge in [0.15, 0.2) is 6.29 Å². The average Bonchev–Trinajstić information content (AvgIpc) is 3.28. The minimum atomic E-state index is -0.164. The van der Waals surface area contributed by atoms with Crippen molar-refractivity contribution in [3.05, 3.63) is 23.3 Å². The lowest BCUT2D eigenvalue weighted by Gasteiger charge is -2.64. The van der Waals surface area contributed by atoms with Gasteiger partial charge in [0.2, 0.25) is 0 Å². The zero-order chi connectivity index (χ0) is 24.7. The number of ether oxygens (including phenoxy) is 2. The van der Waals surface area contributed by atoms with E-state index in [1.165, 1.54) is 37.7 Å². The van der Waals surface area contributed by atoms with Crippen LogP contribution in [-0.4, -0.2) is 30.7 Å².